The lowest BCUT2D eigenvalue weighted by Gasteiger charge is -2.15. The summed E-state index contributed by atoms with van der Waals surface area (Å²) in [4.78, 5) is 29.9. The van der Waals surface area contributed by atoms with Gasteiger partial charge in [-0.1, -0.05) is 23.4 Å². The molecule has 1 aliphatic rings. The summed E-state index contributed by atoms with van der Waals surface area (Å²) in [7, 11) is 0. The molecular weight excluding hydrogens is 432 g/mol. The van der Waals surface area contributed by atoms with Gasteiger partial charge in [0.2, 0.25) is 5.91 Å². The fourth-order valence-corrected chi connectivity index (χ4v) is 4.24. The molecule has 1 N–H and O–H groups in total. The molecule has 0 aliphatic heterocycles. The van der Waals surface area contributed by atoms with E-state index in [2.05, 4.69) is 10.3 Å². The molecule has 1 saturated carbocycles. The predicted octanol–water partition coefficient (Wildman–Crippen LogP) is 4.32. The number of fused-ring (bicyclic) bond motifs is 1. The van der Waals surface area contributed by atoms with E-state index < -0.39 is 17.2 Å². The van der Waals surface area contributed by atoms with Crippen molar-refractivity contribution in [2.24, 2.45) is 5.92 Å². The number of rotatable bonds is 6. The van der Waals surface area contributed by atoms with Crippen LogP contribution in [0, 0.1) is 17.6 Å². The van der Waals surface area contributed by atoms with Gasteiger partial charge in [0, 0.05) is 17.1 Å². The first kappa shape index (κ1) is 20.8. The third-order valence-corrected chi connectivity index (χ3v) is 6.17. The molecule has 1 aliphatic carbocycles. The van der Waals surface area contributed by atoms with Gasteiger partial charge in [-0.2, -0.15) is 0 Å². The molecule has 1 heterocycles. The van der Waals surface area contributed by atoms with Crippen LogP contribution in [0.4, 0.5) is 8.78 Å². The Morgan fingerprint density at radius 3 is 2.77 bits per heavy atom. The Hall–Kier alpha value is -2.45. The molecule has 5 nitrogen and oxygen atoms in total. The molecular formula is C21H18ClF2N3O2S. The Morgan fingerprint density at radius 1 is 1.30 bits per heavy atom. The van der Waals surface area contributed by atoms with Gasteiger partial charge in [0.05, 0.1) is 22.3 Å². The second-order valence-corrected chi connectivity index (χ2v) is 8.65. The number of nitrogens with one attached hydrogen (secondary N) is 1. The Kier molecular flexibility index (Phi) is 5.79. The second kappa shape index (κ2) is 8.35. The summed E-state index contributed by atoms with van der Waals surface area (Å²) in [6.07, 6.45) is 2.21. The molecule has 1 atom stereocenters. The molecule has 0 bridgehead atoms. The second-order valence-electron chi connectivity index (χ2n) is 7.27. The van der Waals surface area contributed by atoms with E-state index in [-0.39, 0.29) is 33.9 Å². The van der Waals surface area contributed by atoms with E-state index in [4.69, 9.17) is 11.6 Å². The van der Waals surface area contributed by atoms with Gasteiger partial charge in [-0.15, -0.1) is 0 Å². The van der Waals surface area contributed by atoms with E-state index in [1.54, 1.807) is 12.1 Å². The van der Waals surface area contributed by atoms with Gasteiger partial charge in [0.1, 0.15) is 11.6 Å². The van der Waals surface area contributed by atoms with Crippen LogP contribution < -0.4 is 10.9 Å². The van der Waals surface area contributed by atoms with Gasteiger partial charge in [-0.25, -0.2) is 13.8 Å². The number of benzene rings is 2. The maximum atomic E-state index is 14.5. The van der Waals surface area contributed by atoms with Crippen molar-refractivity contribution in [2.45, 2.75) is 31.0 Å². The lowest BCUT2D eigenvalue weighted by atomic mass is 10.2. The van der Waals surface area contributed by atoms with Gasteiger partial charge >= 0.3 is 0 Å². The van der Waals surface area contributed by atoms with Crippen molar-refractivity contribution < 1.29 is 13.6 Å². The average Bonchev–Trinajstić information content (AvgIpc) is 3.53. The predicted molar refractivity (Wildman–Crippen MR) is 113 cm³/mol. The fourth-order valence-electron chi connectivity index (χ4n) is 3.25. The summed E-state index contributed by atoms with van der Waals surface area (Å²) in [5, 5.41) is 3.60. The van der Waals surface area contributed by atoms with Crippen LogP contribution in [-0.2, 0) is 4.79 Å². The van der Waals surface area contributed by atoms with Crippen LogP contribution in [0.3, 0.4) is 0 Å². The molecule has 1 amide bonds. The average molecular weight is 450 g/mol. The molecule has 1 unspecified atom stereocenters. The first-order chi connectivity index (χ1) is 14.3. The number of hydrogen-bond acceptors (Lipinski definition) is 4. The molecule has 156 valence electrons. The maximum Gasteiger partial charge on any atom is 0.266 e. The smallest absolute Gasteiger partial charge is 0.266 e. The van der Waals surface area contributed by atoms with Crippen molar-refractivity contribution in [3.63, 3.8) is 0 Å². The standard InChI is InChI=1S/C21H18ClF2N3O2S/c1-11(12-2-3-12)25-19(28)10-30-21-26-17-6-4-13(22)8-15(17)20(29)27(21)18-7-5-14(23)9-16(18)24/h4-9,11-12H,2-3,10H2,1H3,(H,25,28). The highest BCUT2D eigenvalue weighted by atomic mass is 35.5. The monoisotopic (exact) mass is 449 g/mol. The number of carbonyl (C=O) groups is 1. The minimum Gasteiger partial charge on any atom is -0.353 e. The van der Waals surface area contributed by atoms with Crippen LogP contribution >= 0.6 is 23.4 Å². The van der Waals surface area contributed by atoms with E-state index in [1.165, 1.54) is 12.1 Å². The summed E-state index contributed by atoms with van der Waals surface area (Å²) in [5.41, 5.74) is -0.329. The minimum absolute atomic E-state index is 0.00537. The zero-order chi connectivity index (χ0) is 21.4. The van der Waals surface area contributed by atoms with E-state index in [0.717, 1.165) is 35.2 Å². The van der Waals surface area contributed by atoms with Crippen molar-refractivity contribution in [3.8, 4) is 5.69 Å². The number of carbonyl (C=O) groups excluding carboxylic acids is 1. The van der Waals surface area contributed by atoms with Crippen LogP contribution in [0.1, 0.15) is 19.8 Å². The van der Waals surface area contributed by atoms with Crippen molar-refractivity contribution in [3.05, 3.63) is 63.4 Å². The van der Waals surface area contributed by atoms with E-state index in [0.29, 0.717) is 22.5 Å². The number of nitrogens with zero attached hydrogens (tertiary/aromatic N) is 2. The normalized spacial score (nSPS) is 14.7. The summed E-state index contributed by atoms with van der Waals surface area (Å²) in [6, 6.07) is 7.64. The molecule has 0 radical (unpaired) electrons. The maximum absolute atomic E-state index is 14.5. The largest absolute Gasteiger partial charge is 0.353 e. The Morgan fingerprint density at radius 2 is 2.07 bits per heavy atom. The lowest BCUT2D eigenvalue weighted by molar-refractivity contribution is -0.119. The van der Waals surface area contributed by atoms with Gasteiger partial charge < -0.3 is 5.32 Å². The highest BCUT2D eigenvalue weighted by Gasteiger charge is 2.29. The Bertz CT molecular complexity index is 1200. The van der Waals surface area contributed by atoms with E-state index >= 15 is 0 Å². The molecule has 1 aromatic heterocycles. The van der Waals surface area contributed by atoms with Gasteiger partial charge in [-0.05, 0) is 56.0 Å². The van der Waals surface area contributed by atoms with Crippen LogP contribution in [-0.4, -0.2) is 27.3 Å². The Labute approximate surface area is 180 Å². The number of hydrogen-bond donors (Lipinski definition) is 1. The van der Waals surface area contributed by atoms with Crippen molar-refractivity contribution in [1.82, 2.24) is 14.9 Å². The van der Waals surface area contributed by atoms with Crippen LogP contribution in [0.15, 0.2) is 46.3 Å². The highest BCUT2D eigenvalue weighted by Crippen LogP contribution is 2.32. The molecule has 1 fully saturated rings. The van der Waals surface area contributed by atoms with Crippen molar-refractivity contribution in [1.29, 1.82) is 0 Å². The summed E-state index contributed by atoms with van der Waals surface area (Å²) < 4.78 is 28.9. The number of amides is 1. The van der Waals surface area contributed by atoms with Crippen LogP contribution in [0.2, 0.25) is 5.02 Å². The molecule has 30 heavy (non-hydrogen) atoms. The van der Waals surface area contributed by atoms with Gasteiger partial charge in [0.25, 0.3) is 5.56 Å². The third-order valence-electron chi connectivity index (χ3n) is 5.00. The van der Waals surface area contributed by atoms with E-state index in [9.17, 15) is 18.4 Å². The van der Waals surface area contributed by atoms with E-state index in [1.807, 2.05) is 6.92 Å². The number of halogens is 3. The molecule has 9 heteroatoms. The van der Waals surface area contributed by atoms with Crippen molar-refractivity contribution in [2.75, 3.05) is 5.75 Å². The Balaban J connectivity index is 1.74. The fraction of sp³-hybridized carbons (Fsp3) is 0.286. The summed E-state index contributed by atoms with van der Waals surface area (Å²) in [6.45, 7) is 1.96. The molecule has 2 aromatic carbocycles. The quantitative estimate of drug-likeness (QED) is 0.449. The summed E-state index contributed by atoms with van der Waals surface area (Å²) in [5.74, 6) is -1.35. The van der Waals surface area contributed by atoms with Crippen molar-refractivity contribution >= 4 is 40.2 Å². The molecule has 4 rings (SSSR count). The zero-order valence-electron chi connectivity index (χ0n) is 16.0. The minimum atomic E-state index is -0.908. The molecule has 0 spiro atoms. The number of thioether (sulfide) groups is 1. The SMILES string of the molecule is CC(NC(=O)CSc1nc2ccc(Cl)cc2c(=O)n1-c1ccc(F)cc1F)C1CC1. The van der Waals surface area contributed by atoms with Crippen LogP contribution in [0.5, 0.6) is 0 Å². The topological polar surface area (TPSA) is 64.0 Å². The molecule has 3 aromatic rings. The van der Waals surface area contributed by atoms with Crippen LogP contribution in [0.25, 0.3) is 16.6 Å². The van der Waals surface area contributed by atoms with Gasteiger partial charge in [0.15, 0.2) is 5.16 Å². The summed E-state index contributed by atoms with van der Waals surface area (Å²) >= 11 is 7.02. The first-order valence-corrected chi connectivity index (χ1v) is 10.8. The molecule has 0 saturated heterocycles. The first-order valence-electron chi connectivity index (χ1n) is 9.43. The van der Waals surface area contributed by atoms with Gasteiger partial charge in [-0.3, -0.25) is 14.2 Å². The number of aromatic nitrogens is 2. The third kappa shape index (κ3) is 4.34. The highest BCUT2D eigenvalue weighted by molar-refractivity contribution is 7.99. The zero-order valence-corrected chi connectivity index (χ0v) is 17.6. The lowest BCUT2D eigenvalue weighted by Crippen LogP contribution is -2.35.